The highest BCUT2D eigenvalue weighted by Crippen LogP contribution is 2.15. The first-order valence-corrected chi connectivity index (χ1v) is 8.96. The van der Waals surface area contributed by atoms with Crippen LogP contribution in [-0.4, -0.2) is 31.9 Å². The summed E-state index contributed by atoms with van der Waals surface area (Å²) < 4.78 is 11.4. The van der Waals surface area contributed by atoms with Gasteiger partial charge in [0.1, 0.15) is 0 Å². The van der Waals surface area contributed by atoms with Gasteiger partial charge in [-0.3, -0.25) is 0 Å². The molecule has 0 radical (unpaired) electrons. The van der Waals surface area contributed by atoms with Gasteiger partial charge in [0.2, 0.25) is 0 Å². The van der Waals surface area contributed by atoms with Crippen LogP contribution >= 0.6 is 0 Å². The minimum Gasteiger partial charge on any atom is -0.376 e. The SMILES string of the molecule is CC(C)CCNC(=O)Nc1cccc(COCC2CCCCO2)c1. The van der Waals surface area contributed by atoms with E-state index in [1.165, 1.54) is 6.42 Å². The molecule has 2 amide bonds. The Kier molecular flexibility index (Phi) is 8.05. The van der Waals surface area contributed by atoms with Crippen LogP contribution in [-0.2, 0) is 16.1 Å². The summed E-state index contributed by atoms with van der Waals surface area (Å²) in [6.07, 6.45) is 4.66. The third-order valence-corrected chi connectivity index (χ3v) is 4.04. The van der Waals surface area contributed by atoms with E-state index in [0.717, 1.165) is 37.1 Å². The van der Waals surface area contributed by atoms with Gasteiger partial charge in [-0.1, -0.05) is 26.0 Å². The van der Waals surface area contributed by atoms with Crippen LogP contribution in [0.4, 0.5) is 10.5 Å². The molecule has 2 rings (SSSR count). The lowest BCUT2D eigenvalue weighted by molar-refractivity contribution is -0.0447. The van der Waals surface area contributed by atoms with Gasteiger partial charge >= 0.3 is 6.03 Å². The van der Waals surface area contributed by atoms with Crippen molar-refractivity contribution in [3.8, 4) is 0 Å². The van der Waals surface area contributed by atoms with E-state index in [2.05, 4.69) is 24.5 Å². The molecule has 1 saturated heterocycles. The Hall–Kier alpha value is -1.59. The average Bonchev–Trinajstić information content (AvgIpc) is 2.56. The first-order chi connectivity index (χ1) is 11.6. The average molecular weight is 334 g/mol. The number of urea groups is 1. The van der Waals surface area contributed by atoms with Gasteiger partial charge in [-0.05, 0) is 49.3 Å². The highest BCUT2D eigenvalue weighted by molar-refractivity contribution is 5.89. The number of carbonyl (C=O) groups is 1. The number of nitrogens with one attached hydrogen (secondary N) is 2. The number of anilines is 1. The van der Waals surface area contributed by atoms with E-state index in [1.54, 1.807) is 0 Å². The molecule has 2 N–H and O–H groups in total. The summed E-state index contributed by atoms with van der Waals surface area (Å²) in [5, 5.41) is 5.74. The van der Waals surface area contributed by atoms with E-state index in [0.29, 0.717) is 25.7 Å². The third-order valence-electron chi connectivity index (χ3n) is 4.04. The molecular weight excluding hydrogens is 304 g/mol. The maximum atomic E-state index is 11.9. The van der Waals surface area contributed by atoms with Crippen LogP contribution < -0.4 is 10.6 Å². The lowest BCUT2D eigenvalue weighted by Crippen LogP contribution is -2.30. The van der Waals surface area contributed by atoms with Crippen molar-refractivity contribution >= 4 is 11.7 Å². The Labute approximate surface area is 145 Å². The first-order valence-electron chi connectivity index (χ1n) is 8.96. The minimum atomic E-state index is -0.163. The fraction of sp³-hybridized carbons (Fsp3) is 0.632. The van der Waals surface area contributed by atoms with Crippen molar-refractivity contribution in [2.75, 3.05) is 25.1 Å². The second-order valence-electron chi connectivity index (χ2n) is 6.77. The Bertz CT molecular complexity index is 499. The highest BCUT2D eigenvalue weighted by atomic mass is 16.5. The van der Waals surface area contributed by atoms with Crippen molar-refractivity contribution < 1.29 is 14.3 Å². The zero-order valence-corrected chi connectivity index (χ0v) is 14.8. The summed E-state index contributed by atoms with van der Waals surface area (Å²) in [7, 11) is 0. The molecule has 0 bridgehead atoms. The summed E-state index contributed by atoms with van der Waals surface area (Å²) in [4.78, 5) is 11.9. The van der Waals surface area contributed by atoms with Crippen LogP contribution in [0.5, 0.6) is 0 Å². The van der Waals surface area contributed by atoms with Crippen molar-refractivity contribution in [1.82, 2.24) is 5.32 Å². The molecule has 0 aliphatic carbocycles. The predicted molar refractivity (Wildman–Crippen MR) is 96.2 cm³/mol. The van der Waals surface area contributed by atoms with E-state index < -0.39 is 0 Å². The summed E-state index contributed by atoms with van der Waals surface area (Å²) in [5.74, 6) is 0.582. The van der Waals surface area contributed by atoms with E-state index >= 15 is 0 Å². The van der Waals surface area contributed by atoms with Crippen molar-refractivity contribution in [1.29, 1.82) is 0 Å². The lowest BCUT2D eigenvalue weighted by atomic mass is 10.1. The first kappa shape index (κ1) is 18.7. The fourth-order valence-corrected chi connectivity index (χ4v) is 2.64. The molecule has 5 heteroatoms. The van der Waals surface area contributed by atoms with E-state index in [1.807, 2.05) is 24.3 Å². The molecule has 1 aliphatic rings. The summed E-state index contributed by atoms with van der Waals surface area (Å²) in [6, 6.07) is 7.60. The number of hydrogen-bond donors (Lipinski definition) is 2. The number of ether oxygens (including phenoxy) is 2. The topological polar surface area (TPSA) is 59.6 Å². The van der Waals surface area contributed by atoms with Crippen molar-refractivity contribution in [2.45, 2.75) is 52.2 Å². The van der Waals surface area contributed by atoms with Crippen molar-refractivity contribution in [2.24, 2.45) is 5.92 Å². The molecule has 1 aliphatic heterocycles. The number of benzene rings is 1. The smallest absolute Gasteiger partial charge is 0.319 e. The maximum absolute atomic E-state index is 11.9. The molecular formula is C19H30N2O3. The molecule has 134 valence electrons. The molecule has 1 aromatic rings. The van der Waals surface area contributed by atoms with Crippen LogP contribution in [0.3, 0.4) is 0 Å². The Morgan fingerprint density at radius 2 is 2.25 bits per heavy atom. The van der Waals surface area contributed by atoms with Gasteiger partial charge < -0.3 is 20.1 Å². The molecule has 0 aromatic heterocycles. The molecule has 1 heterocycles. The number of hydrogen-bond acceptors (Lipinski definition) is 3. The summed E-state index contributed by atoms with van der Waals surface area (Å²) in [6.45, 7) is 6.98. The lowest BCUT2D eigenvalue weighted by Gasteiger charge is -2.22. The van der Waals surface area contributed by atoms with Gasteiger partial charge in [-0.2, -0.15) is 0 Å². The molecule has 5 nitrogen and oxygen atoms in total. The normalized spacial score (nSPS) is 17.7. The van der Waals surface area contributed by atoms with Crippen LogP contribution in [0.15, 0.2) is 24.3 Å². The Morgan fingerprint density at radius 1 is 1.38 bits per heavy atom. The molecule has 1 atom stereocenters. The van der Waals surface area contributed by atoms with Gasteiger partial charge in [-0.25, -0.2) is 4.79 Å². The predicted octanol–water partition coefficient (Wildman–Crippen LogP) is 3.94. The summed E-state index contributed by atoms with van der Waals surface area (Å²) >= 11 is 0. The maximum Gasteiger partial charge on any atom is 0.319 e. The molecule has 0 saturated carbocycles. The monoisotopic (exact) mass is 334 g/mol. The number of amides is 2. The highest BCUT2D eigenvalue weighted by Gasteiger charge is 2.13. The Morgan fingerprint density at radius 3 is 3.00 bits per heavy atom. The van der Waals surface area contributed by atoms with Crippen LogP contribution in [0.2, 0.25) is 0 Å². The fourth-order valence-electron chi connectivity index (χ4n) is 2.64. The van der Waals surface area contributed by atoms with Crippen molar-refractivity contribution in [3.63, 3.8) is 0 Å². The van der Waals surface area contributed by atoms with Gasteiger partial charge in [0, 0.05) is 18.8 Å². The third kappa shape index (κ3) is 7.32. The molecule has 1 unspecified atom stereocenters. The van der Waals surface area contributed by atoms with Crippen LogP contribution in [0.1, 0.15) is 45.1 Å². The quantitative estimate of drug-likeness (QED) is 0.757. The van der Waals surface area contributed by atoms with E-state index in [4.69, 9.17) is 9.47 Å². The zero-order chi connectivity index (χ0) is 17.2. The minimum absolute atomic E-state index is 0.163. The van der Waals surface area contributed by atoms with Gasteiger partial charge in [-0.15, -0.1) is 0 Å². The van der Waals surface area contributed by atoms with Gasteiger partial charge in [0.15, 0.2) is 0 Å². The zero-order valence-electron chi connectivity index (χ0n) is 14.8. The van der Waals surface area contributed by atoms with Gasteiger partial charge in [0.25, 0.3) is 0 Å². The van der Waals surface area contributed by atoms with Crippen molar-refractivity contribution in [3.05, 3.63) is 29.8 Å². The Balaban J connectivity index is 1.71. The standard InChI is InChI=1S/C19H30N2O3/c1-15(2)9-10-20-19(22)21-17-7-5-6-16(12-17)13-23-14-18-8-3-4-11-24-18/h5-7,12,15,18H,3-4,8-11,13-14H2,1-2H3,(H2,20,21,22). The van der Waals surface area contributed by atoms with Crippen LogP contribution in [0, 0.1) is 5.92 Å². The number of carbonyl (C=O) groups excluding carboxylic acids is 1. The second-order valence-corrected chi connectivity index (χ2v) is 6.77. The second kappa shape index (κ2) is 10.3. The van der Waals surface area contributed by atoms with E-state index in [-0.39, 0.29) is 12.1 Å². The molecule has 0 spiro atoms. The largest absolute Gasteiger partial charge is 0.376 e. The molecule has 1 aromatic carbocycles. The van der Waals surface area contributed by atoms with Crippen LogP contribution in [0.25, 0.3) is 0 Å². The molecule has 1 fully saturated rings. The van der Waals surface area contributed by atoms with Gasteiger partial charge in [0.05, 0.1) is 19.3 Å². The van der Waals surface area contributed by atoms with E-state index in [9.17, 15) is 4.79 Å². The summed E-state index contributed by atoms with van der Waals surface area (Å²) in [5.41, 5.74) is 1.83. The molecule has 24 heavy (non-hydrogen) atoms. The number of rotatable bonds is 8.